The number of amides is 5. The largest absolute Gasteiger partial charge is 0.381 e. The highest BCUT2D eigenvalue weighted by Gasteiger charge is 2.43. The molecule has 1 fully saturated rings. The van der Waals surface area contributed by atoms with E-state index in [1.165, 1.54) is 0 Å². The van der Waals surface area contributed by atoms with Crippen LogP contribution in [0.2, 0.25) is 0 Å². The number of pyridine rings is 1. The molecular weight excluding hydrogens is 703 g/mol. The lowest BCUT2D eigenvalue weighted by molar-refractivity contribution is -0.140. The van der Waals surface area contributed by atoms with E-state index in [9.17, 15) is 24.0 Å². The minimum Gasteiger partial charge on any atom is -0.381 e. The first-order valence-corrected chi connectivity index (χ1v) is 21.0. The Hall–Kier alpha value is -2.88. The number of carbonyl (C=O) groups excluding carboxylic acids is 5. The standard InChI is InChI=1S/C37H63N7O6S2/c1-6-27(4)33(34(38)47)43-35(48)30(23-26(2)3)42-36(49)37(15-19-50-20-16-37)44-32(46)14-22-52-25-29-12-10-11-28(41-29)24-51-21-13-31(45)40-18-9-7-8-17-39-5/h10-12,26-27,30,33,39H,6-9,13-25H2,1-5H3,(H2,38,47)(H,40,45)(H,42,49)(H,43,48)(H,44,46)/t27-,30-,33-/m0/s1. The number of ether oxygens (including phenoxy) is 1. The third-order valence-corrected chi connectivity index (χ3v) is 11.0. The zero-order valence-electron chi connectivity index (χ0n) is 31.9. The maximum Gasteiger partial charge on any atom is 0.246 e. The maximum atomic E-state index is 13.8. The Morgan fingerprint density at radius 3 is 2.10 bits per heavy atom. The minimum absolute atomic E-state index is 0.0733. The second-order valence-electron chi connectivity index (χ2n) is 13.9. The predicted octanol–water partition coefficient (Wildman–Crippen LogP) is 3.05. The highest BCUT2D eigenvalue weighted by atomic mass is 32.2. The summed E-state index contributed by atoms with van der Waals surface area (Å²) in [6.45, 7) is 9.96. The van der Waals surface area contributed by atoms with E-state index in [1.807, 2.05) is 52.9 Å². The summed E-state index contributed by atoms with van der Waals surface area (Å²) < 4.78 is 5.52. The van der Waals surface area contributed by atoms with Gasteiger partial charge in [0, 0.05) is 68.5 Å². The summed E-state index contributed by atoms with van der Waals surface area (Å²) in [5, 5.41) is 14.7. The molecule has 2 heterocycles. The number of nitrogens with two attached hydrogens (primary N) is 1. The molecule has 294 valence electrons. The van der Waals surface area contributed by atoms with Crippen LogP contribution in [-0.4, -0.2) is 97.0 Å². The molecule has 0 saturated carbocycles. The van der Waals surface area contributed by atoms with E-state index in [-0.39, 0.29) is 42.9 Å². The predicted molar refractivity (Wildman–Crippen MR) is 209 cm³/mol. The van der Waals surface area contributed by atoms with Crippen molar-refractivity contribution in [1.82, 2.24) is 31.6 Å². The van der Waals surface area contributed by atoms with Gasteiger partial charge in [-0.25, -0.2) is 0 Å². The number of unbranched alkanes of at least 4 members (excludes halogenated alkanes) is 2. The smallest absolute Gasteiger partial charge is 0.246 e. The van der Waals surface area contributed by atoms with Crippen LogP contribution in [0.15, 0.2) is 18.2 Å². The second-order valence-corrected chi connectivity index (χ2v) is 16.1. The van der Waals surface area contributed by atoms with E-state index >= 15 is 0 Å². The Balaban J connectivity index is 1.85. The summed E-state index contributed by atoms with van der Waals surface area (Å²) in [5.41, 5.74) is 6.24. The number of carbonyl (C=O) groups is 5. The van der Waals surface area contributed by atoms with Gasteiger partial charge in [0.25, 0.3) is 0 Å². The third-order valence-electron chi connectivity index (χ3n) is 9.04. The van der Waals surface area contributed by atoms with Crippen LogP contribution >= 0.6 is 23.5 Å². The van der Waals surface area contributed by atoms with Crippen LogP contribution in [0.5, 0.6) is 0 Å². The van der Waals surface area contributed by atoms with Crippen LogP contribution in [0.1, 0.15) is 96.9 Å². The first-order chi connectivity index (χ1) is 24.9. The first kappa shape index (κ1) is 45.3. The van der Waals surface area contributed by atoms with Crippen molar-refractivity contribution in [2.45, 2.75) is 115 Å². The Labute approximate surface area is 319 Å². The van der Waals surface area contributed by atoms with Crippen LogP contribution < -0.4 is 32.3 Å². The first-order valence-electron chi connectivity index (χ1n) is 18.7. The molecule has 1 aromatic rings. The summed E-state index contributed by atoms with van der Waals surface area (Å²) in [6.07, 6.45) is 5.45. The Morgan fingerprint density at radius 2 is 1.52 bits per heavy atom. The molecule has 52 heavy (non-hydrogen) atoms. The molecule has 1 aliphatic heterocycles. The van der Waals surface area contributed by atoms with Gasteiger partial charge in [-0.05, 0) is 56.8 Å². The molecular formula is C37H63N7O6S2. The lowest BCUT2D eigenvalue weighted by Gasteiger charge is -2.38. The second kappa shape index (κ2) is 25.2. The van der Waals surface area contributed by atoms with Gasteiger partial charge in [0.15, 0.2) is 0 Å². The van der Waals surface area contributed by atoms with Crippen molar-refractivity contribution < 1.29 is 28.7 Å². The lowest BCUT2D eigenvalue weighted by Crippen LogP contribution is -2.64. The molecule has 13 nitrogen and oxygen atoms in total. The average Bonchev–Trinajstić information content (AvgIpc) is 3.11. The van der Waals surface area contributed by atoms with Crippen molar-refractivity contribution in [1.29, 1.82) is 0 Å². The summed E-state index contributed by atoms with van der Waals surface area (Å²) in [4.78, 5) is 69.3. The average molecular weight is 766 g/mol. The zero-order chi connectivity index (χ0) is 38.4. The number of aromatic nitrogens is 1. The van der Waals surface area contributed by atoms with E-state index in [0.717, 1.165) is 55.2 Å². The molecule has 0 unspecified atom stereocenters. The molecule has 1 aliphatic rings. The highest BCUT2D eigenvalue weighted by Crippen LogP contribution is 2.23. The molecule has 15 heteroatoms. The van der Waals surface area contributed by atoms with E-state index in [2.05, 4.69) is 26.6 Å². The van der Waals surface area contributed by atoms with E-state index in [0.29, 0.717) is 44.0 Å². The number of primary amides is 1. The molecule has 0 bridgehead atoms. The monoisotopic (exact) mass is 765 g/mol. The zero-order valence-corrected chi connectivity index (χ0v) is 33.5. The summed E-state index contributed by atoms with van der Waals surface area (Å²) in [5.74, 6) is 0.817. The normalized spacial score (nSPS) is 15.7. The number of nitrogens with zero attached hydrogens (tertiary/aromatic N) is 1. The van der Waals surface area contributed by atoms with Gasteiger partial charge in [0.05, 0.1) is 11.4 Å². The fourth-order valence-electron chi connectivity index (χ4n) is 5.73. The summed E-state index contributed by atoms with van der Waals surface area (Å²) in [6, 6.07) is 4.16. The van der Waals surface area contributed by atoms with Gasteiger partial charge >= 0.3 is 0 Å². The third kappa shape index (κ3) is 17.3. The van der Waals surface area contributed by atoms with E-state index in [4.69, 9.17) is 15.5 Å². The van der Waals surface area contributed by atoms with Crippen LogP contribution in [0.4, 0.5) is 0 Å². The van der Waals surface area contributed by atoms with E-state index in [1.54, 1.807) is 23.5 Å². The van der Waals surface area contributed by atoms with Crippen molar-refractivity contribution in [3.8, 4) is 0 Å². The van der Waals surface area contributed by atoms with Crippen LogP contribution in [0.3, 0.4) is 0 Å². The molecule has 0 aliphatic carbocycles. The Kier molecular flexibility index (Phi) is 21.9. The Bertz CT molecular complexity index is 1260. The fourth-order valence-corrected chi connectivity index (χ4v) is 7.42. The topological polar surface area (TPSA) is 194 Å². The number of rotatable bonds is 26. The SMILES string of the molecule is CC[C@H](C)[C@H](NC(=O)[C@H](CC(C)C)NC(=O)C1(NC(=O)CCSCc2cccc(CSCCC(=O)NCCCCCNC)n2)CCOCC1)C(N)=O. The fraction of sp³-hybridized carbons (Fsp3) is 0.730. The molecule has 2 rings (SSSR count). The maximum absolute atomic E-state index is 13.8. The van der Waals surface area contributed by atoms with Crippen molar-refractivity contribution >= 4 is 53.1 Å². The molecule has 0 aromatic carbocycles. The molecule has 1 aromatic heterocycles. The van der Waals surface area contributed by atoms with Crippen LogP contribution in [-0.2, 0) is 40.2 Å². The summed E-state index contributed by atoms with van der Waals surface area (Å²) in [7, 11) is 1.94. The molecule has 1 saturated heterocycles. The molecule has 3 atom stereocenters. The molecule has 0 radical (unpaired) electrons. The number of hydrogen-bond acceptors (Lipinski definition) is 10. The quantitative estimate of drug-likeness (QED) is 0.0764. The van der Waals surface area contributed by atoms with E-state index < -0.39 is 35.3 Å². The van der Waals surface area contributed by atoms with Crippen LogP contribution in [0.25, 0.3) is 0 Å². The van der Waals surface area contributed by atoms with Crippen molar-refractivity contribution in [3.63, 3.8) is 0 Å². The summed E-state index contributed by atoms with van der Waals surface area (Å²) >= 11 is 3.27. The van der Waals surface area contributed by atoms with Gasteiger partial charge in [-0.3, -0.25) is 29.0 Å². The Morgan fingerprint density at radius 1 is 0.904 bits per heavy atom. The van der Waals surface area contributed by atoms with Gasteiger partial charge < -0.3 is 37.1 Å². The molecule has 0 spiro atoms. The van der Waals surface area contributed by atoms with Crippen molar-refractivity contribution in [3.05, 3.63) is 29.6 Å². The van der Waals surface area contributed by atoms with Gasteiger partial charge in [0.1, 0.15) is 17.6 Å². The van der Waals surface area contributed by atoms with Gasteiger partial charge in [-0.2, -0.15) is 23.5 Å². The molecule has 7 N–H and O–H groups in total. The van der Waals surface area contributed by atoms with Gasteiger partial charge in [0.2, 0.25) is 29.5 Å². The van der Waals surface area contributed by atoms with Gasteiger partial charge in [-0.15, -0.1) is 0 Å². The minimum atomic E-state index is -1.21. The lowest BCUT2D eigenvalue weighted by atomic mass is 9.87. The molecule has 5 amide bonds. The van der Waals surface area contributed by atoms with Crippen molar-refractivity contribution in [2.75, 3.05) is 44.9 Å². The number of thioether (sulfide) groups is 2. The number of nitrogens with one attached hydrogen (secondary N) is 5. The number of hydrogen-bond donors (Lipinski definition) is 6. The van der Waals surface area contributed by atoms with Crippen molar-refractivity contribution in [2.24, 2.45) is 17.6 Å². The van der Waals surface area contributed by atoms with Gasteiger partial charge in [-0.1, -0.05) is 46.6 Å². The highest BCUT2D eigenvalue weighted by molar-refractivity contribution is 7.98. The van der Waals surface area contributed by atoms with Crippen LogP contribution in [0, 0.1) is 11.8 Å².